The number of nitrogens with zero attached hydrogens (tertiary/aromatic N) is 3. The average Bonchev–Trinajstić information content (AvgIpc) is 3.66. The largest absolute Gasteiger partial charge is 0.508 e. The molecule has 3 aliphatic rings. The summed E-state index contributed by atoms with van der Waals surface area (Å²) in [6, 6.07) is 27.4. The van der Waals surface area contributed by atoms with Crippen LogP contribution in [-0.4, -0.2) is 102 Å². The second-order valence-electron chi connectivity index (χ2n) is 13.8. The number of ketones is 2. The highest BCUT2D eigenvalue weighted by molar-refractivity contribution is 7.22. The van der Waals surface area contributed by atoms with Crippen LogP contribution in [0.3, 0.4) is 0 Å². The lowest BCUT2D eigenvalue weighted by molar-refractivity contribution is -0.132. The Labute approximate surface area is 316 Å². The lowest BCUT2D eigenvalue weighted by atomic mass is 9.92. The highest BCUT2D eigenvalue weighted by Crippen LogP contribution is 2.47. The number of benzene rings is 4. The van der Waals surface area contributed by atoms with Crippen LogP contribution in [-0.2, 0) is 9.59 Å². The minimum atomic E-state index is -0.880. The van der Waals surface area contributed by atoms with E-state index < -0.39 is 17.9 Å². The molecule has 1 saturated carbocycles. The van der Waals surface area contributed by atoms with Crippen molar-refractivity contribution in [3.63, 3.8) is 0 Å². The highest BCUT2D eigenvalue weighted by atomic mass is 32.1. The molecule has 5 aromatic rings. The van der Waals surface area contributed by atoms with Crippen LogP contribution in [0.5, 0.6) is 23.0 Å². The normalized spacial score (nSPS) is 18.0. The van der Waals surface area contributed by atoms with Gasteiger partial charge in [-0.2, -0.15) is 0 Å². The SMILES string of the molecule is O=C1CCC(N2C(=O)c3cccc(NCCN4CCN(CCOc5ccc(Oc6c(-c7ccccc7)sc7cc(O)ccc67)cc5)CC4)c3C2=O)C(=O)C1. The number of thiophene rings is 1. The molecule has 1 aromatic heterocycles. The smallest absolute Gasteiger partial charge is 0.264 e. The molecule has 54 heavy (non-hydrogen) atoms. The Balaban J connectivity index is 0.790. The number of Topliss-reactive ketones (excluding diaryl/α,β-unsaturated/α-hetero) is 2. The maximum Gasteiger partial charge on any atom is 0.264 e. The molecule has 2 fully saturated rings. The molecule has 0 spiro atoms. The van der Waals surface area contributed by atoms with Crippen LogP contribution in [0.4, 0.5) is 5.69 Å². The quantitative estimate of drug-likeness (QED) is 0.109. The van der Waals surface area contributed by atoms with Gasteiger partial charge in [-0.05, 0) is 66.6 Å². The van der Waals surface area contributed by atoms with Crippen LogP contribution in [0.15, 0.2) is 91.0 Å². The van der Waals surface area contributed by atoms with Gasteiger partial charge in [0.1, 0.15) is 29.6 Å². The van der Waals surface area contributed by atoms with Gasteiger partial charge in [0.25, 0.3) is 11.8 Å². The summed E-state index contributed by atoms with van der Waals surface area (Å²) in [6.45, 7) is 6.35. The number of carbonyl (C=O) groups is 4. The van der Waals surface area contributed by atoms with Crippen molar-refractivity contribution in [1.82, 2.24) is 14.7 Å². The number of phenolic OH excluding ortho intramolecular Hbond substituents is 1. The van der Waals surface area contributed by atoms with Gasteiger partial charge < -0.3 is 19.9 Å². The van der Waals surface area contributed by atoms with Crippen LogP contribution in [0.25, 0.3) is 20.5 Å². The Morgan fingerprint density at radius 1 is 0.796 bits per heavy atom. The summed E-state index contributed by atoms with van der Waals surface area (Å²) in [5.74, 6) is 0.995. The minimum absolute atomic E-state index is 0.149. The van der Waals surface area contributed by atoms with E-state index in [2.05, 4.69) is 27.2 Å². The van der Waals surface area contributed by atoms with Gasteiger partial charge in [0.2, 0.25) is 0 Å². The zero-order valence-corrected chi connectivity index (χ0v) is 30.5. The minimum Gasteiger partial charge on any atom is -0.508 e. The topological polar surface area (TPSA) is 129 Å². The lowest BCUT2D eigenvalue weighted by Gasteiger charge is -2.34. The number of imide groups is 1. The molecule has 276 valence electrons. The molecular formula is C42H40N4O7S. The number of hydrogen-bond acceptors (Lipinski definition) is 11. The molecule has 2 N–H and O–H groups in total. The van der Waals surface area contributed by atoms with Crippen molar-refractivity contribution in [2.45, 2.75) is 25.3 Å². The Morgan fingerprint density at radius 2 is 1.54 bits per heavy atom. The van der Waals surface area contributed by atoms with Crippen molar-refractivity contribution in [2.24, 2.45) is 0 Å². The van der Waals surface area contributed by atoms with Gasteiger partial charge in [-0.15, -0.1) is 11.3 Å². The number of hydrogen-bond donors (Lipinski definition) is 2. The molecule has 8 rings (SSSR count). The molecule has 1 atom stereocenters. The van der Waals surface area contributed by atoms with Crippen LogP contribution in [0, 0.1) is 0 Å². The molecule has 1 saturated heterocycles. The van der Waals surface area contributed by atoms with Crippen LogP contribution in [0.2, 0.25) is 0 Å². The summed E-state index contributed by atoms with van der Waals surface area (Å²) >= 11 is 1.59. The van der Waals surface area contributed by atoms with Gasteiger partial charge in [0, 0.05) is 68.0 Å². The first-order valence-electron chi connectivity index (χ1n) is 18.3. The maximum absolute atomic E-state index is 13.4. The molecule has 3 heterocycles. The number of aromatic hydroxyl groups is 1. The molecule has 4 aromatic carbocycles. The molecule has 1 unspecified atom stereocenters. The maximum atomic E-state index is 13.4. The molecule has 0 radical (unpaired) electrons. The average molecular weight is 745 g/mol. The number of fused-ring (bicyclic) bond motifs is 2. The van der Waals surface area contributed by atoms with Gasteiger partial charge in [-0.1, -0.05) is 36.4 Å². The number of anilines is 1. The molecule has 12 heteroatoms. The molecule has 0 bridgehead atoms. The van der Waals surface area contributed by atoms with E-state index in [0.717, 1.165) is 76.2 Å². The lowest BCUT2D eigenvalue weighted by Crippen LogP contribution is -2.48. The number of rotatable bonds is 12. The Kier molecular flexibility index (Phi) is 10.1. The number of carbonyl (C=O) groups excluding carboxylic acids is 4. The van der Waals surface area contributed by atoms with Crippen LogP contribution < -0.4 is 14.8 Å². The van der Waals surface area contributed by atoms with E-state index in [1.165, 1.54) is 0 Å². The Bertz CT molecular complexity index is 2210. The Hall–Kier alpha value is -5.56. The van der Waals surface area contributed by atoms with E-state index in [0.29, 0.717) is 35.7 Å². The fourth-order valence-electron chi connectivity index (χ4n) is 7.41. The van der Waals surface area contributed by atoms with Crippen molar-refractivity contribution in [3.8, 4) is 33.4 Å². The standard InChI is InChI=1S/C42H40N4O7S/c47-28-10-16-35(36(49)25-28)46-41(50)33-7-4-8-34(38(33)42(46)51)43-17-18-44-19-21-45(22-20-44)23-24-52-30-11-13-31(14-12-30)53-39-32-15-9-29(48)26-37(32)54-40(39)27-5-2-1-3-6-27/h1-9,11-15,26,35,43,48H,10,16-25H2. The van der Waals surface area contributed by atoms with Crippen molar-refractivity contribution in [3.05, 3.63) is 102 Å². The second-order valence-corrected chi connectivity index (χ2v) is 14.8. The van der Waals surface area contributed by atoms with E-state index in [1.54, 1.807) is 41.7 Å². The van der Waals surface area contributed by atoms with Crippen LogP contribution >= 0.6 is 11.3 Å². The van der Waals surface area contributed by atoms with E-state index in [1.807, 2.05) is 48.5 Å². The zero-order chi connectivity index (χ0) is 37.2. The van der Waals surface area contributed by atoms with E-state index in [-0.39, 0.29) is 36.6 Å². The van der Waals surface area contributed by atoms with Crippen molar-refractivity contribution < 1.29 is 33.8 Å². The number of amides is 2. The molecule has 1 aliphatic carbocycles. The molecular weight excluding hydrogens is 705 g/mol. The van der Waals surface area contributed by atoms with Crippen molar-refractivity contribution in [2.75, 3.05) is 57.7 Å². The zero-order valence-electron chi connectivity index (χ0n) is 29.7. The monoisotopic (exact) mass is 744 g/mol. The summed E-state index contributed by atoms with van der Waals surface area (Å²) in [7, 11) is 0. The summed E-state index contributed by atoms with van der Waals surface area (Å²) in [5, 5.41) is 14.4. The van der Waals surface area contributed by atoms with Crippen LogP contribution in [0.1, 0.15) is 40.0 Å². The first kappa shape index (κ1) is 35.5. The fourth-order valence-corrected chi connectivity index (χ4v) is 8.58. The number of ether oxygens (including phenoxy) is 2. The van der Waals surface area contributed by atoms with Gasteiger partial charge in [-0.3, -0.25) is 33.9 Å². The predicted octanol–water partition coefficient (Wildman–Crippen LogP) is 6.46. The highest BCUT2D eigenvalue weighted by Gasteiger charge is 2.45. The van der Waals surface area contributed by atoms with E-state index >= 15 is 0 Å². The first-order valence-corrected chi connectivity index (χ1v) is 19.1. The number of phenols is 1. The van der Waals surface area contributed by atoms with E-state index in [4.69, 9.17) is 9.47 Å². The summed E-state index contributed by atoms with van der Waals surface area (Å²) in [6.07, 6.45) is 0.151. The van der Waals surface area contributed by atoms with Gasteiger partial charge in [-0.25, -0.2) is 0 Å². The third-order valence-corrected chi connectivity index (χ3v) is 11.5. The summed E-state index contributed by atoms with van der Waals surface area (Å²) < 4.78 is 13.5. The van der Waals surface area contributed by atoms with Gasteiger partial charge >= 0.3 is 0 Å². The summed E-state index contributed by atoms with van der Waals surface area (Å²) in [4.78, 5) is 57.6. The van der Waals surface area contributed by atoms with Gasteiger partial charge in [0.05, 0.1) is 28.5 Å². The molecule has 2 amide bonds. The fraction of sp³-hybridized carbons (Fsp3) is 0.286. The second kappa shape index (κ2) is 15.4. The number of nitrogens with one attached hydrogen (secondary N) is 1. The van der Waals surface area contributed by atoms with Gasteiger partial charge in [0.15, 0.2) is 11.5 Å². The molecule has 2 aliphatic heterocycles. The van der Waals surface area contributed by atoms with Crippen molar-refractivity contribution in [1.29, 1.82) is 0 Å². The number of piperazine rings is 1. The van der Waals surface area contributed by atoms with E-state index in [9.17, 15) is 24.3 Å². The Morgan fingerprint density at radius 3 is 2.30 bits per heavy atom. The third kappa shape index (κ3) is 7.32. The predicted molar refractivity (Wildman–Crippen MR) is 207 cm³/mol. The third-order valence-electron chi connectivity index (χ3n) is 10.3. The molecule has 11 nitrogen and oxygen atoms in total. The van der Waals surface area contributed by atoms with Crippen molar-refractivity contribution >= 4 is 50.5 Å². The summed E-state index contributed by atoms with van der Waals surface area (Å²) in [5.41, 5.74) is 2.23. The first-order chi connectivity index (χ1) is 26.3.